The number of cyclic esters (lactones) is 2. The van der Waals surface area contributed by atoms with Crippen LogP contribution in [0.3, 0.4) is 0 Å². The number of hydrogen-bond acceptors (Lipinski definition) is 6. The first-order valence-electron chi connectivity index (χ1n) is 12.4. The highest BCUT2D eigenvalue weighted by Crippen LogP contribution is 2.45. The Hall–Kier alpha value is -1.89. The lowest BCUT2D eigenvalue weighted by atomic mass is 9.67. The SMILES string of the molecule is CC1=C(N2CCC3(CCN(CCC4CCC5C(=O)OCC5C4C)CC3)CC2=O)COC1=O. The maximum atomic E-state index is 12.9. The first-order valence-corrected chi connectivity index (χ1v) is 12.4. The highest BCUT2D eigenvalue weighted by atomic mass is 16.5. The summed E-state index contributed by atoms with van der Waals surface area (Å²) in [6.45, 7) is 8.86. The Morgan fingerprint density at radius 2 is 1.78 bits per heavy atom. The molecule has 4 fully saturated rings. The van der Waals surface area contributed by atoms with Crippen LogP contribution < -0.4 is 0 Å². The van der Waals surface area contributed by atoms with Crippen molar-refractivity contribution in [2.45, 2.75) is 58.8 Å². The van der Waals surface area contributed by atoms with Crippen LogP contribution in [0.2, 0.25) is 0 Å². The quantitative estimate of drug-likeness (QED) is 0.621. The minimum Gasteiger partial charge on any atom is -0.465 e. The van der Waals surface area contributed by atoms with Gasteiger partial charge in [0.25, 0.3) is 0 Å². The number of esters is 2. The van der Waals surface area contributed by atoms with Gasteiger partial charge in [-0.25, -0.2) is 4.79 Å². The van der Waals surface area contributed by atoms with E-state index in [1.54, 1.807) is 11.8 Å². The van der Waals surface area contributed by atoms with Crippen LogP contribution in [0.5, 0.6) is 0 Å². The van der Waals surface area contributed by atoms with Gasteiger partial charge < -0.3 is 19.3 Å². The molecule has 176 valence electrons. The molecule has 0 aromatic heterocycles. The van der Waals surface area contributed by atoms with Gasteiger partial charge in [0.1, 0.15) is 6.61 Å². The third-order valence-corrected chi connectivity index (χ3v) is 9.34. The molecule has 7 nitrogen and oxygen atoms in total. The van der Waals surface area contributed by atoms with Crippen molar-refractivity contribution in [1.29, 1.82) is 0 Å². The van der Waals surface area contributed by atoms with E-state index in [-0.39, 0.29) is 35.8 Å². The minimum atomic E-state index is -0.295. The molecule has 4 aliphatic heterocycles. The normalized spacial score (nSPS) is 35.3. The van der Waals surface area contributed by atoms with Gasteiger partial charge in [0, 0.05) is 18.9 Å². The Balaban J connectivity index is 1.10. The molecule has 4 unspecified atom stereocenters. The van der Waals surface area contributed by atoms with Gasteiger partial charge in [-0.2, -0.15) is 0 Å². The fourth-order valence-corrected chi connectivity index (χ4v) is 6.88. The zero-order valence-corrected chi connectivity index (χ0v) is 19.4. The van der Waals surface area contributed by atoms with Gasteiger partial charge in [-0.3, -0.25) is 9.59 Å². The van der Waals surface area contributed by atoms with Gasteiger partial charge in [0.15, 0.2) is 0 Å². The van der Waals surface area contributed by atoms with Crippen LogP contribution in [0.4, 0.5) is 0 Å². The molecule has 4 heterocycles. The molecular weight excluding hydrogens is 408 g/mol. The molecule has 0 N–H and O–H groups in total. The molecule has 1 spiro atoms. The lowest BCUT2D eigenvalue weighted by Gasteiger charge is -2.47. The molecule has 7 heteroatoms. The van der Waals surface area contributed by atoms with Crippen molar-refractivity contribution in [2.24, 2.45) is 29.1 Å². The van der Waals surface area contributed by atoms with Crippen LogP contribution in [-0.4, -0.2) is 67.0 Å². The molecule has 0 radical (unpaired) electrons. The summed E-state index contributed by atoms with van der Waals surface area (Å²) in [5.74, 6) is 1.68. The summed E-state index contributed by atoms with van der Waals surface area (Å²) >= 11 is 0. The Morgan fingerprint density at radius 3 is 2.47 bits per heavy atom. The van der Waals surface area contributed by atoms with E-state index in [2.05, 4.69) is 11.8 Å². The second-order valence-electron chi connectivity index (χ2n) is 10.8. The predicted molar refractivity (Wildman–Crippen MR) is 117 cm³/mol. The van der Waals surface area contributed by atoms with Crippen LogP contribution in [0, 0.1) is 29.1 Å². The van der Waals surface area contributed by atoms with Gasteiger partial charge in [0.05, 0.1) is 23.8 Å². The topological polar surface area (TPSA) is 76.2 Å². The average Bonchev–Trinajstić information content (AvgIpc) is 3.32. The van der Waals surface area contributed by atoms with E-state index < -0.39 is 0 Å². The molecule has 0 aromatic rings. The van der Waals surface area contributed by atoms with Crippen LogP contribution in [0.25, 0.3) is 0 Å². The van der Waals surface area contributed by atoms with Gasteiger partial charge in [-0.05, 0) is 82.3 Å². The summed E-state index contributed by atoms with van der Waals surface area (Å²) in [6.07, 6.45) is 7.07. The predicted octanol–water partition coefficient (Wildman–Crippen LogP) is 2.75. The smallest absolute Gasteiger partial charge is 0.336 e. The maximum absolute atomic E-state index is 12.9. The second kappa shape index (κ2) is 8.47. The summed E-state index contributed by atoms with van der Waals surface area (Å²) in [6, 6.07) is 0. The summed E-state index contributed by atoms with van der Waals surface area (Å²) < 4.78 is 10.4. The first-order chi connectivity index (χ1) is 15.4. The Morgan fingerprint density at radius 1 is 1.03 bits per heavy atom. The van der Waals surface area contributed by atoms with Crippen molar-refractivity contribution < 1.29 is 23.9 Å². The van der Waals surface area contributed by atoms with Crippen molar-refractivity contribution >= 4 is 17.8 Å². The highest BCUT2D eigenvalue weighted by molar-refractivity contribution is 5.92. The molecule has 0 aromatic carbocycles. The van der Waals surface area contributed by atoms with E-state index in [4.69, 9.17) is 9.47 Å². The number of likely N-dealkylation sites (tertiary alicyclic amines) is 2. The van der Waals surface area contributed by atoms with Gasteiger partial charge in [-0.15, -0.1) is 0 Å². The summed E-state index contributed by atoms with van der Waals surface area (Å²) in [4.78, 5) is 40.9. The fourth-order valence-electron chi connectivity index (χ4n) is 6.88. The molecule has 32 heavy (non-hydrogen) atoms. The first kappa shape index (κ1) is 21.9. The molecule has 1 saturated carbocycles. The van der Waals surface area contributed by atoms with E-state index in [1.165, 1.54) is 6.42 Å². The van der Waals surface area contributed by atoms with Crippen molar-refractivity contribution in [2.75, 3.05) is 39.4 Å². The number of ether oxygens (including phenoxy) is 2. The largest absolute Gasteiger partial charge is 0.465 e. The Kier molecular flexibility index (Phi) is 5.81. The Labute approximate surface area is 190 Å². The second-order valence-corrected chi connectivity index (χ2v) is 10.8. The molecule has 5 aliphatic rings. The number of fused-ring (bicyclic) bond motifs is 1. The van der Waals surface area contributed by atoms with E-state index in [0.29, 0.717) is 42.9 Å². The molecule has 4 atom stereocenters. The monoisotopic (exact) mass is 444 g/mol. The van der Waals surface area contributed by atoms with Crippen molar-refractivity contribution in [3.63, 3.8) is 0 Å². The average molecular weight is 445 g/mol. The zero-order valence-electron chi connectivity index (χ0n) is 19.4. The molecule has 1 amide bonds. The van der Waals surface area contributed by atoms with E-state index in [9.17, 15) is 14.4 Å². The highest BCUT2D eigenvalue weighted by Gasteiger charge is 2.46. The minimum absolute atomic E-state index is 0.0285. The molecule has 5 rings (SSSR count). The van der Waals surface area contributed by atoms with Crippen LogP contribution in [-0.2, 0) is 23.9 Å². The molecular formula is C25H36N2O5. The zero-order chi connectivity index (χ0) is 22.5. The third-order valence-electron chi connectivity index (χ3n) is 9.34. The van der Waals surface area contributed by atoms with Gasteiger partial charge >= 0.3 is 11.9 Å². The lowest BCUT2D eigenvalue weighted by molar-refractivity contribution is -0.142. The molecule has 0 bridgehead atoms. The number of hydrogen-bond donors (Lipinski definition) is 0. The standard InChI is InChI=1S/C25H36N2O5/c1-16-18(3-4-19-20(16)14-31-24(19)30)5-9-26-10-6-25(7-11-26)8-12-27(22(28)13-25)21-15-32-23(29)17(21)2/h16,18-20H,3-15H2,1-2H3. The van der Waals surface area contributed by atoms with E-state index in [1.807, 2.05) is 0 Å². The van der Waals surface area contributed by atoms with Gasteiger partial charge in [-0.1, -0.05) is 6.92 Å². The number of carbonyl (C=O) groups excluding carboxylic acids is 3. The number of carbonyl (C=O) groups is 3. The lowest BCUT2D eigenvalue weighted by Crippen LogP contribution is -2.49. The number of piperidine rings is 2. The summed E-state index contributed by atoms with van der Waals surface area (Å²) in [5.41, 5.74) is 1.47. The summed E-state index contributed by atoms with van der Waals surface area (Å²) in [5, 5.41) is 0. The van der Waals surface area contributed by atoms with E-state index >= 15 is 0 Å². The van der Waals surface area contributed by atoms with Crippen LogP contribution in [0.1, 0.15) is 58.8 Å². The van der Waals surface area contributed by atoms with Crippen LogP contribution in [0.15, 0.2) is 11.3 Å². The number of nitrogens with zero attached hydrogens (tertiary/aromatic N) is 2. The van der Waals surface area contributed by atoms with Crippen molar-refractivity contribution in [1.82, 2.24) is 9.80 Å². The third kappa shape index (κ3) is 3.87. The molecule has 3 saturated heterocycles. The van der Waals surface area contributed by atoms with E-state index in [0.717, 1.165) is 57.4 Å². The van der Waals surface area contributed by atoms with Crippen LogP contribution >= 0.6 is 0 Å². The molecule has 1 aliphatic carbocycles. The van der Waals surface area contributed by atoms with Crippen molar-refractivity contribution in [3.8, 4) is 0 Å². The maximum Gasteiger partial charge on any atom is 0.336 e. The number of rotatable bonds is 4. The van der Waals surface area contributed by atoms with Gasteiger partial charge in [0.2, 0.25) is 5.91 Å². The Bertz CT molecular complexity index is 828. The van der Waals surface area contributed by atoms with Crippen molar-refractivity contribution in [3.05, 3.63) is 11.3 Å². The number of amides is 1. The fraction of sp³-hybridized carbons (Fsp3) is 0.800. The summed E-state index contributed by atoms with van der Waals surface area (Å²) in [7, 11) is 0.